The van der Waals surface area contributed by atoms with E-state index < -0.39 is 4.92 Å². The molecular formula is C14H20N2O4. The normalized spacial score (nSPS) is 10.2. The average molecular weight is 280 g/mol. The number of non-ortho nitro benzene ring substituents is 1. The lowest BCUT2D eigenvalue weighted by molar-refractivity contribution is -0.384. The summed E-state index contributed by atoms with van der Waals surface area (Å²) in [5, 5.41) is 13.9. The Morgan fingerprint density at radius 3 is 2.90 bits per heavy atom. The Hall–Kier alpha value is -1.92. The van der Waals surface area contributed by atoms with E-state index in [1.807, 2.05) is 0 Å². The molecule has 0 heterocycles. The van der Waals surface area contributed by atoms with Gasteiger partial charge in [0.15, 0.2) is 0 Å². The summed E-state index contributed by atoms with van der Waals surface area (Å²) in [5.74, 6) is 0.635. The highest BCUT2D eigenvalue weighted by Gasteiger charge is 2.10. The van der Waals surface area contributed by atoms with Gasteiger partial charge in [-0.05, 0) is 12.5 Å². The van der Waals surface area contributed by atoms with E-state index in [0.717, 1.165) is 12.0 Å². The van der Waals surface area contributed by atoms with Crippen molar-refractivity contribution in [1.29, 1.82) is 0 Å². The molecule has 6 heteroatoms. The van der Waals surface area contributed by atoms with Crippen molar-refractivity contribution in [3.05, 3.63) is 46.5 Å². The van der Waals surface area contributed by atoms with E-state index in [9.17, 15) is 10.1 Å². The zero-order valence-corrected chi connectivity index (χ0v) is 11.6. The van der Waals surface area contributed by atoms with E-state index in [0.29, 0.717) is 32.1 Å². The summed E-state index contributed by atoms with van der Waals surface area (Å²) in [4.78, 5) is 10.3. The lowest BCUT2D eigenvalue weighted by Crippen LogP contribution is -2.19. The SMILES string of the molecule is C=CCCOCCNCc1cc([N+](=O)[O-])ccc1OC. The van der Waals surface area contributed by atoms with Gasteiger partial charge in [0.05, 0.1) is 25.2 Å². The van der Waals surface area contributed by atoms with Crippen LogP contribution in [0.25, 0.3) is 0 Å². The second kappa shape index (κ2) is 9.06. The fourth-order valence-electron chi connectivity index (χ4n) is 1.65. The second-order valence-electron chi connectivity index (χ2n) is 4.12. The zero-order chi connectivity index (χ0) is 14.8. The molecule has 0 unspecified atom stereocenters. The molecule has 6 nitrogen and oxygen atoms in total. The highest BCUT2D eigenvalue weighted by molar-refractivity contribution is 5.43. The quantitative estimate of drug-likeness (QED) is 0.308. The molecule has 0 spiro atoms. The van der Waals surface area contributed by atoms with Gasteiger partial charge < -0.3 is 14.8 Å². The fourth-order valence-corrected chi connectivity index (χ4v) is 1.65. The van der Waals surface area contributed by atoms with Gasteiger partial charge in [-0.2, -0.15) is 0 Å². The maximum absolute atomic E-state index is 10.7. The number of nitro groups is 1. The summed E-state index contributed by atoms with van der Waals surface area (Å²) < 4.78 is 10.5. The monoisotopic (exact) mass is 280 g/mol. The van der Waals surface area contributed by atoms with Crippen LogP contribution in [-0.2, 0) is 11.3 Å². The lowest BCUT2D eigenvalue weighted by atomic mass is 10.1. The number of nitrogens with zero attached hydrogens (tertiary/aromatic N) is 1. The van der Waals surface area contributed by atoms with E-state index in [-0.39, 0.29) is 5.69 Å². The Kier molecular flexibility index (Phi) is 7.31. The average Bonchev–Trinajstić information content (AvgIpc) is 2.46. The predicted molar refractivity (Wildman–Crippen MR) is 77.0 cm³/mol. The number of nitrogens with one attached hydrogen (secondary N) is 1. The molecule has 0 radical (unpaired) electrons. The van der Waals surface area contributed by atoms with E-state index >= 15 is 0 Å². The standard InChI is InChI=1S/C14H20N2O4/c1-3-4-8-20-9-7-15-11-12-10-13(16(17)18)5-6-14(12)19-2/h3,5-6,10,15H,1,4,7-9,11H2,2H3. The maximum Gasteiger partial charge on any atom is 0.270 e. The molecule has 110 valence electrons. The number of benzene rings is 1. The minimum atomic E-state index is -0.415. The maximum atomic E-state index is 10.7. The molecule has 0 aromatic heterocycles. The molecule has 0 amide bonds. The van der Waals surface area contributed by atoms with Gasteiger partial charge in [0, 0.05) is 30.8 Å². The molecule has 0 aliphatic heterocycles. The smallest absolute Gasteiger partial charge is 0.270 e. The third-order valence-corrected chi connectivity index (χ3v) is 2.68. The molecule has 1 aromatic carbocycles. The first-order valence-corrected chi connectivity index (χ1v) is 6.39. The van der Waals surface area contributed by atoms with Crippen LogP contribution in [0.3, 0.4) is 0 Å². The summed E-state index contributed by atoms with van der Waals surface area (Å²) in [5.41, 5.74) is 0.817. The molecule has 0 aliphatic carbocycles. The lowest BCUT2D eigenvalue weighted by Gasteiger charge is -2.09. The van der Waals surface area contributed by atoms with Crippen molar-refractivity contribution in [2.24, 2.45) is 0 Å². The zero-order valence-electron chi connectivity index (χ0n) is 11.6. The van der Waals surface area contributed by atoms with E-state index in [2.05, 4.69) is 11.9 Å². The summed E-state index contributed by atoms with van der Waals surface area (Å²) in [6.45, 7) is 6.02. The van der Waals surface area contributed by atoms with Gasteiger partial charge in [-0.1, -0.05) is 6.08 Å². The topological polar surface area (TPSA) is 73.6 Å². The molecule has 1 aromatic rings. The van der Waals surface area contributed by atoms with Gasteiger partial charge in [0.1, 0.15) is 5.75 Å². The van der Waals surface area contributed by atoms with Crippen LogP contribution in [0.2, 0.25) is 0 Å². The Morgan fingerprint density at radius 2 is 2.25 bits per heavy atom. The minimum absolute atomic E-state index is 0.0600. The first-order valence-electron chi connectivity index (χ1n) is 6.39. The molecule has 0 saturated carbocycles. The number of ether oxygens (including phenoxy) is 2. The van der Waals surface area contributed by atoms with Crippen molar-refractivity contribution in [2.75, 3.05) is 26.9 Å². The van der Waals surface area contributed by atoms with Crippen molar-refractivity contribution in [3.8, 4) is 5.75 Å². The minimum Gasteiger partial charge on any atom is -0.496 e. The van der Waals surface area contributed by atoms with Gasteiger partial charge in [0.2, 0.25) is 0 Å². The summed E-state index contributed by atoms with van der Waals surface area (Å²) in [6, 6.07) is 4.56. The molecular weight excluding hydrogens is 260 g/mol. The fraction of sp³-hybridized carbons (Fsp3) is 0.429. The number of hydrogen-bond acceptors (Lipinski definition) is 5. The Balaban J connectivity index is 2.43. The van der Waals surface area contributed by atoms with Gasteiger partial charge in [-0.3, -0.25) is 10.1 Å². The summed E-state index contributed by atoms with van der Waals surface area (Å²) >= 11 is 0. The Morgan fingerprint density at radius 1 is 1.45 bits per heavy atom. The van der Waals surface area contributed by atoms with Gasteiger partial charge in [-0.25, -0.2) is 0 Å². The van der Waals surface area contributed by atoms with Crippen LogP contribution >= 0.6 is 0 Å². The van der Waals surface area contributed by atoms with E-state index in [4.69, 9.17) is 9.47 Å². The van der Waals surface area contributed by atoms with Crippen molar-refractivity contribution < 1.29 is 14.4 Å². The first-order chi connectivity index (χ1) is 9.69. The van der Waals surface area contributed by atoms with Gasteiger partial charge >= 0.3 is 0 Å². The van der Waals surface area contributed by atoms with Crippen LogP contribution in [-0.4, -0.2) is 31.8 Å². The third kappa shape index (κ3) is 5.38. The molecule has 1 rings (SSSR count). The molecule has 0 aliphatic rings. The Labute approximate surface area is 118 Å². The highest BCUT2D eigenvalue weighted by Crippen LogP contribution is 2.23. The summed E-state index contributed by atoms with van der Waals surface area (Å²) in [7, 11) is 1.54. The van der Waals surface area contributed by atoms with Gasteiger partial charge in [0.25, 0.3) is 5.69 Å². The molecule has 1 N–H and O–H groups in total. The van der Waals surface area contributed by atoms with Crippen molar-refractivity contribution >= 4 is 5.69 Å². The summed E-state index contributed by atoms with van der Waals surface area (Å²) in [6.07, 6.45) is 2.64. The Bertz CT molecular complexity index is 449. The second-order valence-corrected chi connectivity index (χ2v) is 4.12. The van der Waals surface area contributed by atoms with Crippen LogP contribution in [0.5, 0.6) is 5.75 Å². The van der Waals surface area contributed by atoms with E-state index in [1.54, 1.807) is 19.3 Å². The number of hydrogen-bond donors (Lipinski definition) is 1. The van der Waals surface area contributed by atoms with Gasteiger partial charge in [-0.15, -0.1) is 6.58 Å². The molecule has 20 heavy (non-hydrogen) atoms. The number of rotatable bonds is 10. The largest absolute Gasteiger partial charge is 0.496 e. The highest BCUT2D eigenvalue weighted by atomic mass is 16.6. The third-order valence-electron chi connectivity index (χ3n) is 2.68. The van der Waals surface area contributed by atoms with Crippen LogP contribution in [0.15, 0.2) is 30.9 Å². The first kappa shape index (κ1) is 16.1. The van der Waals surface area contributed by atoms with Crippen LogP contribution < -0.4 is 10.1 Å². The predicted octanol–water partition coefficient (Wildman–Crippen LogP) is 2.29. The molecule has 0 saturated heterocycles. The van der Waals surface area contributed by atoms with Crippen molar-refractivity contribution in [1.82, 2.24) is 5.32 Å². The van der Waals surface area contributed by atoms with E-state index in [1.165, 1.54) is 12.1 Å². The van der Waals surface area contributed by atoms with Crippen LogP contribution in [0, 0.1) is 10.1 Å². The molecule has 0 bridgehead atoms. The van der Waals surface area contributed by atoms with Crippen molar-refractivity contribution in [2.45, 2.75) is 13.0 Å². The van der Waals surface area contributed by atoms with Crippen LogP contribution in [0.1, 0.15) is 12.0 Å². The molecule has 0 atom stereocenters. The number of methoxy groups -OCH3 is 1. The van der Waals surface area contributed by atoms with Crippen LogP contribution in [0.4, 0.5) is 5.69 Å². The molecule has 0 fully saturated rings. The number of nitro benzene ring substituents is 1. The van der Waals surface area contributed by atoms with Crippen molar-refractivity contribution in [3.63, 3.8) is 0 Å².